The van der Waals surface area contributed by atoms with Crippen LogP contribution in [0.1, 0.15) is 29.3 Å². The van der Waals surface area contributed by atoms with Crippen LogP contribution in [0.2, 0.25) is 0 Å². The lowest BCUT2D eigenvalue weighted by Gasteiger charge is -2.22. The summed E-state index contributed by atoms with van der Waals surface area (Å²) in [5.41, 5.74) is 7.15. The number of carbonyl (C=O) groups excluding carboxylic acids is 3. The van der Waals surface area contributed by atoms with Crippen LogP contribution in [0, 0.1) is 5.41 Å². The van der Waals surface area contributed by atoms with Crippen molar-refractivity contribution >= 4 is 28.8 Å². The van der Waals surface area contributed by atoms with Crippen molar-refractivity contribution in [2.75, 3.05) is 25.4 Å². The van der Waals surface area contributed by atoms with E-state index in [1.165, 1.54) is 4.90 Å². The van der Waals surface area contributed by atoms with Crippen LogP contribution in [0.4, 0.5) is 4.79 Å². The molecule has 2 fully saturated rings. The fourth-order valence-corrected chi connectivity index (χ4v) is 3.79. The van der Waals surface area contributed by atoms with Crippen molar-refractivity contribution in [2.45, 2.75) is 19.9 Å². The summed E-state index contributed by atoms with van der Waals surface area (Å²) >= 11 is 1.02. The average molecular weight is 347 g/mol. The van der Waals surface area contributed by atoms with Gasteiger partial charge in [0, 0.05) is 18.7 Å². The number of thioether (sulfide) groups is 1. The molecule has 0 saturated carbocycles. The van der Waals surface area contributed by atoms with Gasteiger partial charge in [-0.3, -0.25) is 19.3 Å². The number of nitrogens with zero attached hydrogens (tertiary/aromatic N) is 2. The molecule has 0 bridgehead atoms. The molecule has 3 rings (SSSR count). The predicted octanol–water partition coefficient (Wildman–Crippen LogP) is 1.69. The molecule has 1 atom stereocenters. The van der Waals surface area contributed by atoms with Crippen LogP contribution < -0.4 is 5.73 Å². The number of amides is 3. The van der Waals surface area contributed by atoms with Gasteiger partial charge in [-0.15, -0.1) is 0 Å². The van der Waals surface area contributed by atoms with Crippen LogP contribution >= 0.6 is 11.8 Å². The summed E-state index contributed by atoms with van der Waals surface area (Å²) in [6, 6.07) is 7.16. The lowest BCUT2D eigenvalue weighted by Crippen LogP contribution is -2.34. The van der Waals surface area contributed by atoms with E-state index >= 15 is 0 Å². The summed E-state index contributed by atoms with van der Waals surface area (Å²) < 4.78 is 0. The Bertz CT molecular complexity index is 677. The van der Waals surface area contributed by atoms with Crippen LogP contribution in [0.5, 0.6) is 0 Å². The molecular formula is C17H21N3O3S. The minimum absolute atomic E-state index is 0.0150. The molecule has 1 aromatic rings. The molecule has 128 valence electrons. The molecule has 2 N–H and O–H groups in total. The largest absolute Gasteiger partial charge is 0.338 e. The van der Waals surface area contributed by atoms with E-state index in [1.54, 1.807) is 18.2 Å². The highest BCUT2D eigenvalue weighted by molar-refractivity contribution is 8.14. The van der Waals surface area contributed by atoms with Gasteiger partial charge < -0.3 is 10.6 Å². The van der Waals surface area contributed by atoms with Gasteiger partial charge in [0.1, 0.15) is 0 Å². The fourth-order valence-electron chi connectivity index (χ4n) is 3.07. The van der Waals surface area contributed by atoms with Crippen molar-refractivity contribution in [3.05, 3.63) is 35.4 Å². The van der Waals surface area contributed by atoms with E-state index in [4.69, 9.17) is 5.73 Å². The van der Waals surface area contributed by atoms with Crippen molar-refractivity contribution < 1.29 is 14.4 Å². The Morgan fingerprint density at radius 3 is 2.79 bits per heavy atom. The standard InChI is InChI=1S/C17H21N3O3S/c1-17(10-18)5-6-19(11-17)15(22)13-4-2-3-12(7-13)8-20-14(21)9-24-16(20)23/h2-4,7H,5-6,8-11,18H2,1H3. The van der Waals surface area contributed by atoms with Crippen LogP contribution in [0.25, 0.3) is 0 Å². The summed E-state index contributed by atoms with van der Waals surface area (Å²) in [5.74, 6) is -0.00873. The number of rotatable bonds is 4. The monoisotopic (exact) mass is 347 g/mol. The van der Waals surface area contributed by atoms with E-state index in [-0.39, 0.29) is 34.8 Å². The number of benzene rings is 1. The Morgan fingerprint density at radius 1 is 1.38 bits per heavy atom. The Balaban J connectivity index is 1.72. The molecule has 0 radical (unpaired) electrons. The molecule has 2 saturated heterocycles. The maximum absolute atomic E-state index is 12.7. The molecule has 0 spiro atoms. The van der Waals surface area contributed by atoms with Crippen molar-refractivity contribution in [2.24, 2.45) is 11.1 Å². The van der Waals surface area contributed by atoms with Gasteiger partial charge in [-0.2, -0.15) is 0 Å². The molecule has 1 aromatic carbocycles. The molecule has 1 unspecified atom stereocenters. The summed E-state index contributed by atoms with van der Waals surface area (Å²) in [5, 5.41) is -0.227. The van der Waals surface area contributed by atoms with Crippen molar-refractivity contribution in [1.29, 1.82) is 0 Å². The molecular weight excluding hydrogens is 326 g/mol. The topological polar surface area (TPSA) is 83.7 Å². The summed E-state index contributed by atoms with van der Waals surface area (Å²) in [6.45, 7) is 4.24. The molecule has 7 heteroatoms. The lowest BCUT2D eigenvalue weighted by atomic mass is 9.90. The van der Waals surface area contributed by atoms with E-state index in [0.717, 1.165) is 23.7 Å². The van der Waals surface area contributed by atoms with Gasteiger partial charge in [0.2, 0.25) is 5.91 Å². The molecule has 0 aliphatic carbocycles. The number of imide groups is 1. The minimum atomic E-state index is -0.227. The fraction of sp³-hybridized carbons (Fsp3) is 0.471. The number of nitrogens with two attached hydrogens (primary N) is 1. The zero-order valence-corrected chi connectivity index (χ0v) is 14.5. The van der Waals surface area contributed by atoms with Crippen molar-refractivity contribution in [3.8, 4) is 0 Å². The number of hydrogen-bond donors (Lipinski definition) is 1. The van der Waals surface area contributed by atoms with Gasteiger partial charge in [-0.05, 0) is 36.1 Å². The Labute approximate surface area is 145 Å². The van der Waals surface area contributed by atoms with Crippen LogP contribution in [0.3, 0.4) is 0 Å². The van der Waals surface area contributed by atoms with Crippen molar-refractivity contribution in [1.82, 2.24) is 9.80 Å². The zero-order valence-electron chi connectivity index (χ0n) is 13.7. The SMILES string of the molecule is CC1(CN)CCN(C(=O)c2cccc(CN3C(=O)CSC3=O)c2)C1. The first kappa shape index (κ1) is 17.0. The Hall–Kier alpha value is -1.86. The maximum atomic E-state index is 12.7. The summed E-state index contributed by atoms with van der Waals surface area (Å²) in [6.07, 6.45) is 0.906. The van der Waals surface area contributed by atoms with Crippen LogP contribution in [0.15, 0.2) is 24.3 Å². The molecule has 2 heterocycles. The van der Waals surface area contributed by atoms with Gasteiger partial charge in [0.05, 0.1) is 12.3 Å². The first-order chi connectivity index (χ1) is 11.4. The third-order valence-corrected chi connectivity index (χ3v) is 5.55. The Morgan fingerprint density at radius 2 is 2.17 bits per heavy atom. The van der Waals surface area contributed by atoms with Gasteiger partial charge in [-0.25, -0.2) is 0 Å². The van der Waals surface area contributed by atoms with Gasteiger partial charge in [-0.1, -0.05) is 30.8 Å². The quantitative estimate of drug-likeness (QED) is 0.896. The second-order valence-electron chi connectivity index (χ2n) is 6.73. The van der Waals surface area contributed by atoms with Crippen LogP contribution in [-0.2, 0) is 11.3 Å². The second-order valence-corrected chi connectivity index (χ2v) is 7.65. The highest BCUT2D eigenvalue weighted by Gasteiger charge is 2.35. The minimum Gasteiger partial charge on any atom is -0.338 e. The van der Waals surface area contributed by atoms with Gasteiger partial charge >= 0.3 is 0 Å². The number of carbonyl (C=O) groups is 3. The number of hydrogen-bond acceptors (Lipinski definition) is 5. The Kier molecular flexibility index (Phi) is 4.64. The third-order valence-electron chi connectivity index (χ3n) is 4.69. The summed E-state index contributed by atoms with van der Waals surface area (Å²) in [7, 11) is 0. The van der Waals surface area contributed by atoms with E-state index < -0.39 is 0 Å². The smallest absolute Gasteiger partial charge is 0.289 e. The van der Waals surface area contributed by atoms with Crippen molar-refractivity contribution in [3.63, 3.8) is 0 Å². The highest BCUT2D eigenvalue weighted by Crippen LogP contribution is 2.29. The van der Waals surface area contributed by atoms with E-state index in [1.807, 2.05) is 11.0 Å². The normalized spacial score (nSPS) is 24.1. The zero-order chi connectivity index (χ0) is 17.3. The first-order valence-electron chi connectivity index (χ1n) is 7.97. The molecule has 6 nitrogen and oxygen atoms in total. The van der Waals surface area contributed by atoms with E-state index in [2.05, 4.69) is 6.92 Å². The number of likely N-dealkylation sites (tertiary alicyclic amines) is 1. The van der Waals surface area contributed by atoms with Gasteiger partial charge in [0.15, 0.2) is 0 Å². The first-order valence-corrected chi connectivity index (χ1v) is 8.96. The molecule has 24 heavy (non-hydrogen) atoms. The maximum Gasteiger partial charge on any atom is 0.289 e. The van der Waals surface area contributed by atoms with Crippen LogP contribution in [-0.4, -0.2) is 52.2 Å². The molecule has 3 amide bonds. The predicted molar refractivity (Wildman–Crippen MR) is 92.5 cm³/mol. The van der Waals surface area contributed by atoms with E-state index in [9.17, 15) is 14.4 Å². The van der Waals surface area contributed by atoms with E-state index in [0.29, 0.717) is 25.2 Å². The second kappa shape index (κ2) is 6.57. The lowest BCUT2D eigenvalue weighted by molar-refractivity contribution is -0.125. The third kappa shape index (κ3) is 3.32. The highest BCUT2D eigenvalue weighted by atomic mass is 32.2. The molecule has 2 aliphatic rings. The molecule has 2 aliphatic heterocycles. The summed E-state index contributed by atoms with van der Waals surface area (Å²) in [4.78, 5) is 39.2. The van der Waals surface area contributed by atoms with Gasteiger partial charge in [0.25, 0.3) is 11.1 Å². The molecule has 0 aromatic heterocycles. The average Bonchev–Trinajstić information content (AvgIpc) is 3.13.